The Morgan fingerprint density at radius 2 is 0.417 bits per heavy atom. The van der Waals surface area contributed by atoms with E-state index in [0.717, 1.165) is 0 Å². The molecule has 0 N–H and O–H groups in total. The van der Waals surface area contributed by atoms with Crippen LogP contribution < -0.4 is 0 Å². The van der Waals surface area contributed by atoms with E-state index in [0.29, 0.717) is 0 Å². The Hall–Kier alpha value is -18.7. The van der Waals surface area contributed by atoms with Crippen LogP contribution in [0, 0.1) is 0 Å². The van der Waals surface area contributed by atoms with E-state index >= 15 is 0 Å². The lowest BCUT2D eigenvalue weighted by molar-refractivity contribution is 1.20. The van der Waals surface area contributed by atoms with Gasteiger partial charge in [0.1, 0.15) is 0 Å². The van der Waals surface area contributed by atoms with E-state index in [2.05, 4.69) is 489 Å². The van der Waals surface area contributed by atoms with E-state index in [4.69, 9.17) is 0 Å². The largest absolute Gasteiger partial charge is 0.309 e. The summed E-state index contributed by atoms with van der Waals surface area (Å²) in [6.45, 7) is 0. The van der Waals surface area contributed by atoms with Crippen LogP contribution in [0.3, 0.4) is 0 Å². The van der Waals surface area contributed by atoms with Gasteiger partial charge in [0.15, 0.2) is 0 Å². The first-order valence-electron chi connectivity index (χ1n) is 50.0. The molecule has 144 heavy (non-hydrogen) atoms. The smallest absolute Gasteiger partial charge is 0.0627 e. The summed E-state index contributed by atoms with van der Waals surface area (Å²) < 4.78 is 15.3. The van der Waals surface area contributed by atoms with E-state index in [1.165, 1.54) is 331 Å². The quantitative estimate of drug-likeness (QED) is 0.153. The molecule has 37 rings (SSSR count). The molecule has 0 aliphatic heterocycles. The van der Waals surface area contributed by atoms with Crippen molar-refractivity contribution in [1.82, 2.24) is 22.2 Å². The van der Waals surface area contributed by atoms with Crippen LogP contribution in [0.15, 0.2) is 467 Å². The molecule has 6 heteroatoms. The maximum Gasteiger partial charge on any atom is 0.0627 e. The molecule has 10 aromatic heterocycles. The molecule has 10 heterocycles. The van der Waals surface area contributed by atoms with Crippen LogP contribution in [0.1, 0.15) is 0 Å². The van der Waals surface area contributed by atoms with Crippen LogP contribution in [-0.2, 0) is 0 Å². The highest BCUT2D eigenvalue weighted by Crippen LogP contribution is 2.57. The zero-order chi connectivity index (χ0) is 93.3. The first kappa shape index (κ1) is 77.2. The SMILES string of the molecule is c1ccc(-c2ccc3c4ccccc4c4ccc5c6ccccc6n6c2c3c4c56)cc1.c1ccc(-c2cccc(-c3ccc4c5ccccc5c5ccc6c7ccccc7n7c3c4c5c67)c2)cc1.c1ccc2c(c1)c1ccc3c4ccccc4n4c5ccc(-n6c7ccccc7c7ccccc76)c2c5c1c34.c1ccc2c(c1)sc1c(-c3ccc4c5ccccc5c5ccc6c7ccccc7n7c3c4c5c67)cccc12. The number of rotatable bonds is 5. The Labute approximate surface area is 825 Å². The van der Waals surface area contributed by atoms with Crippen LogP contribution in [0.5, 0.6) is 0 Å². The summed E-state index contributed by atoms with van der Waals surface area (Å²) in [6, 6.07) is 172. The van der Waals surface area contributed by atoms with E-state index in [1.54, 1.807) is 0 Å². The standard InChI is InChI=1S/C36H20N2.C36H19NS.C36H21N.C30H17N/c1-2-13-25-21(9-1)26-17-18-27-24-12-5-8-16-30(24)38-32-20-19-31(33(25)35(32)34(26)36(27)38)37-28-14-6-3-10-22(28)23-11-4-7-15-29(23)37;1-2-9-21-20(8-1)24-16-18-26-22-10-3-5-14-30(22)37-34(26)32(24)33-25(21)17-19-27(35(33)37)29-13-7-12-28-23-11-4-6-15-31(23)38-36(28)29;1-2-9-22(10-3-1)23-11-8-12-24(21-23)25-17-18-29-26-13-4-5-14-27(26)30-19-20-31-28-15-6-7-16-32(28)37-35(25)33(29)34(30)36(31)37;1-2-8-18(9-3-1)19-14-15-23-20-10-4-5-11-21(20)24-16-17-25-22-12-6-7-13-26(22)31-29(19)27(23)28(24)30(25)31/h1-20H;1-19H;1-21H;1-17H. The van der Waals surface area contributed by atoms with Crippen molar-refractivity contribution in [3.63, 3.8) is 0 Å². The molecule has 27 aromatic carbocycles. The lowest BCUT2D eigenvalue weighted by Crippen LogP contribution is -1.96. The molecule has 0 unspecified atom stereocenters. The number of benzene rings is 27. The Kier molecular flexibility index (Phi) is 15.3. The third kappa shape index (κ3) is 9.96. The van der Waals surface area contributed by atoms with Crippen LogP contribution >= 0.6 is 11.3 Å². The second-order valence-electron chi connectivity index (χ2n) is 39.6. The highest BCUT2D eigenvalue weighted by Gasteiger charge is 2.33. The summed E-state index contributed by atoms with van der Waals surface area (Å²) in [4.78, 5) is 0. The normalized spacial score (nSPS) is 12.6. The van der Waals surface area contributed by atoms with Crippen molar-refractivity contribution in [2.75, 3.05) is 0 Å². The van der Waals surface area contributed by atoms with Crippen molar-refractivity contribution < 1.29 is 0 Å². The molecule has 660 valence electrons. The second-order valence-corrected chi connectivity index (χ2v) is 40.7. The zero-order valence-corrected chi connectivity index (χ0v) is 78.4. The van der Waals surface area contributed by atoms with Crippen LogP contribution in [0.25, 0.3) is 331 Å². The van der Waals surface area contributed by atoms with E-state index in [-0.39, 0.29) is 0 Å². The van der Waals surface area contributed by atoms with Crippen molar-refractivity contribution >= 4 is 292 Å². The van der Waals surface area contributed by atoms with Gasteiger partial charge in [-0.3, -0.25) is 0 Å². The molecule has 0 radical (unpaired) electrons. The Balaban J connectivity index is 0.0000000831. The Morgan fingerprint density at radius 3 is 0.868 bits per heavy atom. The average Bonchev–Trinajstić information content (AvgIpc) is 1.52. The number of hydrogen-bond acceptors (Lipinski definition) is 1. The van der Waals surface area contributed by atoms with Crippen molar-refractivity contribution in [2.45, 2.75) is 0 Å². The fraction of sp³-hybridized carbons (Fsp3) is 0. The number of aromatic nitrogens is 5. The molecule has 0 saturated heterocycles. The van der Waals surface area contributed by atoms with E-state index in [9.17, 15) is 0 Å². The number of thiophene rings is 1. The minimum Gasteiger partial charge on any atom is -0.309 e. The van der Waals surface area contributed by atoms with Gasteiger partial charge in [0.2, 0.25) is 0 Å². The molecular formula is C138H77N5S. The molecule has 0 saturated carbocycles. The van der Waals surface area contributed by atoms with Crippen molar-refractivity contribution in [2.24, 2.45) is 0 Å². The minimum absolute atomic E-state index is 1.24. The molecule has 37 aromatic rings. The molecule has 0 atom stereocenters. The van der Waals surface area contributed by atoms with Gasteiger partial charge in [-0.25, -0.2) is 0 Å². The monoisotopic (exact) mass is 1840 g/mol. The van der Waals surface area contributed by atoms with Gasteiger partial charge in [-0.1, -0.05) is 406 Å². The van der Waals surface area contributed by atoms with Crippen LogP contribution in [0.4, 0.5) is 0 Å². The van der Waals surface area contributed by atoms with Crippen LogP contribution in [-0.4, -0.2) is 22.2 Å². The maximum absolute atomic E-state index is 2.57. The van der Waals surface area contributed by atoms with E-state index < -0.39 is 0 Å². The topological polar surface area (TPSA) is 22.6 Å². The maximum atomic E-state index is 2.57. The zero-order valence-electron chi connectivity index (χ0n) is 77.6. The summed E-state index contributed by atoms with van der Waals surface area (Å²) in [5.41, 5.74) is 29.7. The van der Waals surface area contributed by atoms with Gasteiger partial charge >= 0.3 is 0 Å². The van der Waals surface area contributed by atoms with Gasteiger partial charge in [0.25, 0.3) is 0 Å². The van der Waals surface area contributed by atoms with Crippen molar-refractivity contribution in [1.29, 1.82) is 0 Å². The van der Waals surface area contributed by atoms with Gasteiger partial charge in [0, 0.05) is 145 Å². The first-order valence-corrected chi connectivity index (χ1v) is 50.9. The fourth-order valence-electron chi connectivity index (χ4n) is 27.2. The summed E-state index contributed by atoms with van der Waals surface area (Å²) in [5.74, 6) is 0. The molecule has 0 spiro atoms. The fourth-order valence-corrected chi connectivity index (χ4v) is 28.4. The lowest BCUT2D eigenvalue weighted by atomic mass is 9.90. The summed E-state index contributed by atoms with van der Waals surface area (Å²) >= 11 is 1.91. The molecule has 0 aliphatic rings. The molecule has 0 bridgehead atoms. The number of nitrogens with zero attached hydrogens (tertiary/aromatic N) is 5. The molecule has 5 nitrogen and oxygen atoms in total. The van der Waals surface area contributed by atoms with Crippen LogP contribution in [0.2, 0.25) is 0 Å². The van der Waals surface area contributed by atoms with Gasteiger partial charge in [0.05, 0.1) is 82.9 Å². The van der Waals surface area contributed by atoms with Crippen molar-refractivity contribution in [3.8, 4) is 50.2 Å². The number of para-hydroxylation sites is 6. The highest BCUT2D eigenvalue weighted by molar-refractivity contribution is 7.26. The second kappa shape index (κ2) is 28.5. The molecule has 0 amide bonds. The highest BCUT2D eigenvalue weighted by atomic mass is 32.1. The Bertz CT molecular complexity index is 11900. The van der Waals surface area contributed by atoms with Gasteiger partial charge in [-0.2, -0.15) is 0 Å². The summed E-state index contributed by atoms with van der Waals surface area (Å²) in [5, 5.41) is 48.3. The minimum atomic E-state index is 1.24. The lowest BCUT2D eigenvalue weighted by Gasteiger charge is -2.16. The molecule has 0 fully saturated rings. The Morgan fingerprint density at radius 1 is 0.132 bits per heavy atom. The van der Waals surface area contributed by atoms with Gasteiger partial charge in [-0.15, -0.1) is 11.3 Å². The number of fused-ring (bicyclic) bond motifs is 34. The average molecular weight is 1840 g/mol. The predicted octanol–water partition coefficient (Wildman–Crippen LogP) is 38.5. The van der Waals surface area contributed by atoms with E-state index in [1.807, 2.05) is 11.3 Å². The summed E-state index contributed by atoms with van der Waals surface area (Å²) in [7, 11) is 0. The number of hydrogen-bond donors (Lipinski definition) is 0. The summed E-state index contributed by atoms with van der Waals surface area (Å²) in [6.07, 6.45) is 0. The van der Waals surface area contributed by atoms with Gasteiger partial charge < -0.3 is 22.2 Å². The predicted molar refractivity (Wildman–Crippen MR) is 618 cm³/mol. The van der Waals surface area contributed by atoms with Gasteiger partial charge in [-0.05, 0) is 164 Å². The molecular weight excluding hydrogens is 1760 g/mol. The third-order valence-electron chi connectivity index (χ3n) is 32.8. The third-order valence-corrected chi connectivity index (χ3v) is 34.1. The molecule has 0 aliphatic carbocycles. The van der Waals surface area contributed by atoms with Crippen molar-refractivity contribution in [3.05, 3.63) is 467 Å². The first-order chi connectivity index (χ1) is 71.6.